The van der Waals surface area contributed by atoms with Crippen molar-refractivity contribution >= 4 is 17.5 Å². The zero-order valence-electron chi connectivity index (χ0n) is 6.77. The minimum Gasteiger partial charge on any atom is -0.355 e. The van der Waals surface area contributed by atoms with Crippen LogP contribution in [-0.4, -0.2) is 17.8 Å². The van der Waals surface area contributed by atoms with Crippen LogP contribution < -0.4 is 5.32 Å². The van der Waals surface area contributed by atoms with Gasteiger partial charge in [0.25, 0.3) is 0 Å². The maximum Gasteiger partial charge on any atom is 0.238 e. The van der Waals surface area contributed by atoms with Gasteiger partial charge in [-0.25, -0.2) is 0 Å². The molecule has 1 fully saturated rings. The van der Waals surface area contributed by atoms with Crippen LogP contribution in [0.1, 0.15) is 26.2 Å². The maximum atomic E-state index is 11.1. The van der Waals surface area contributed by atoms with Gasteiger partial charge in [0, 0.05) is 6.54 Å². The molecule has 11 heavy (non-hydrogen) atoms. The molecule has 0 radical (unpaired) electrons. The van der Waals surface area contributed by atoms with Crippen molar-refractivity contribution in [2.24, 2.45) is 5.92 Å². The maximum absolute atomic E-state index is 11.1. The van der Waals surface area contributed by atoms with Crippen molar-refractivity contribution in [2.75, 3.05) is 6.54 Å². The first-order chi connectivity index (χ1) is 5.25. The number of amides is 1. The Morgan fingerprint density at radius 3 is 2.82 bits per heavy atom. The molecule has 2 nitrogen and oxygen atoms in total. The third-order valence-electron chi connectivity index (χ3n) is 1.84. The number of hydrogen-bond donors (Lipinski definition) is 1. The average molecular weight is 176 g/mol. The topological polar surface area (TPSA) is 29.1 Å². The summed E-state index contributed by atoms with van der Waals surface area (Å²) in [5.41, 5.74) is 0. The first kappa shape index (κ1) is 8.85. The van der Waals surface area contributed by atoms with E-state index in [0.29, 0.717) is 5.92 Å². The first-order valence-electron chi connectivity index (χ1n) is 4.17. The number of halogens is 1. The molecule has 1 unspecified atom stereocenters. The van der Waals surface area contributed by atoms with E-state index in [0.717, 1.165) is 25.8 Å². The molecule has 0 aromatic rings. The Labute approximate surface area is 72.3 Å². The van der Waals surface area contributed by atoms with Gasteiger partial charge in [-0.3, -0.25) is 4.79 Å². The molecule has 0 aromatic carbocycles. The molecule has 0 aliphatic heterocycles. The quantitative estimate of drug-likeness (QED) is 0.646. The summed E-state index contributed by atoms with van der Waals surface area (Å²) >= 11 is 5.85. The van der Waals surface area contributed by atoms with Crippen LogP contribution in [0.15, 0.2) is 0 Å². The molecule has 0 spiro atoms. The molecule has 1 saturated carbocycles. The molecule has 1 atom stereocenters. The van der Waals surface area contributed by atoms with Crippen LogP contribution in [0.25, 0.3) is 0 Å². The smallest absolute Gasteiger partial charge is 0.238 e. The summed E-state index contributed by atoms with van der Waals surface area (Å²) in [7, 11) is 0. The van der Waals surface area contributed by atoms with Crippen molar-refractivity contribution in [1.29, 1.82) is 0 Å². The molecule has 0 bridgehead atoms. The molecule has 3 heteroatoms. The van der Waals surface area contributed by atoms with E-state index in [-0.39, 0.29) is 11.3 Å². The Bertz CT molecular complexity index is 145. The number of carbonyl (C=O) groups is 1. The second-order valence-corrected chi connectivity index (χ2v) is 3.50. The Kier molecular flexibility index (Phi) is 3.18. The van der Waals surface area contributed by atoms with E-state index in [1.54, 1.807) is 0 Å². The van der Waals surface area contributed by atoms with E-state index < -0.39 is 0 Å². The molecule has 64 valence electrons. The van der Waals surface area contributed by atoms with E-state index in [1.165, 1.54) is 0 Å². The zero-order valence-corrected chi connectivity index (χ0v) is 7.53. The van der Waals surface area contributed by atoms with Crippen LogP contribution in [0.3, 0.4) is 0 Å². The third kappa shape index (κ3) is 2.70. The molecule has 0 saturated heterocycles. The largest absolute Gasteiger partial charge is 0.355 e. The van der Waals surface area contributed by atoms with Crippen molar-refractivity contribution in [3.05, 3.63) is 0 Å². The number of rotatable bonds is 4. The molecule has 1 rings (SSSR count). The van der Waals surface area contributed by atoms with Crippen LogP contribution in [0, 0.1) is 5.92 Å². The molecule has 1 aliphatic carbocycles. The first-order valence-corrected chi connectivity index (χ1v) is 4.61. The van der Waals surface area contributed by atoms with Crippen LogP contribution in [0.4, 0.5) is 0 Å². The van der Waals surface area contributed by atoms with Crippen LogP contribution in [0.2, 0.25) is 0 Å². The number of alkyl halides is 1. The summed E-state index contributed by atoms with van der Waals surface area (Å²) in [5, 5.41) is 2.51. The lowest BCUT2D eigenvalue weighted by atomic mass is 10.2. The minimum atomic E-state index is -0.276. The van der Waals surface area contributed by atoms with Crippen LogP contribution in [-0.2, 0) is 4.79 Å². The minimum absolute atomic E-state index is 0.0102. The van der Waals surface area contributed by atoms with Gasteiger partial charge in [-0.15, -0.1) is 11.6 Å². The van der Waals surface area contributed by atoms with Gasteiger partial charge in [0.15, 0.2) is 0 Å². The van der Waals surface area contributed by atoms with E-state index >= 15 is 0 Å². The summed E-state index contributed by atoms with van der Waals surface area (Å²) in [6.45, 7) is 2.77. The van der Waals surface area contributed by atoms with Crippen molar-refractivity contribution in [1.82, 2.24) is 5.32 Å². The third-order valence-corrected chi connectivity index (χ3v) is 2.39. The Morgan fingerprint density at radius 2 is 2.36 bits per heavy atom. The van der Waals surface area contributed by atoms with Gasteiger partial charge >= 0.3 is 0 Å². The Morgan fingerprint density at radius 1 is 1.73 bits per heavy atom. The van der Waals surface area contributed by atoms with Gasteiger partial charge in [0.05, 0.1) is 0 Å². The number of nitrogens with one attached hydrogen (secondary N) is 1. The highest BCUT2D eigenvalue weighted by atomic mass is 35.5. The van der Waals surface area contributed by atoms with Crippen LogP contribution >= 0.6 is 11.6 Å². The molecular formula is C8H14ClNO. The molecule has 1 aliphatic rings. The highest BCUT2D eigenvalue weighted by Gasteiger charge is 2.34. The molecule has 0 heterocycles. The summed E-state index contributed by atoms with van der Waals surface area (Å²) < 4.78 is 0. The van der Waals surface area contributed by atoms with Crippen LogP contribution in [0.5, 0.6) is 0 Å². The predicted octanol–water partition coefficient (Wildman–Crippen LogP) is 1.53. The van der Waals surface area contributed by atoms with E-state index in [1.807, 2.05) is 6.92 Å². The van der Waals surface area contributed by atoms with E-state index in [4.69, 9.17) is 11.6 Å². The average Bonchev–Trinajstić information content (AvgIpc) is 2.81. The SMILES string of the molecule is CCCNC(=O)C(Cl)C1CC1. The van der Waals surface area contributed by atoms with Gasteiger partial charge < -0.3 is 5.32 Å². The number of hydrogen-bond acceptors (Lipinski definition) is 1. The summed E-state index contributed by atoms with van der Waals surface area (Å²) in [4.78, 5) is 11.1. The monoisotopic (exact) mass is 175 g/mol. The summed E-state index contributed by atoms with van der Waals surface area (Å²) in [6, 6.07) is 0. The Hall–Kier alpha value is -0.240. The van der Waals surface area contributed by atoms with Gasteiger partial charge in [-0.1, -0.05) is 6.92 Å². The fraction of sp³-hybridized carbons (Fsp3) is 0.875. The van der Waals surface area contributed by atoms with Gasteiger partial charge in [0.2, 0.25) is 5.91 Å². The van der Waals surface area contributed by atoms with Crippen molar-refractivity contribution in [3.63, 3.8) is 0 Å². The lowest BCUT2D eigenvalue weighted by Gasteiger charge is -2.07. The second-order valence-electron chi connectivity index (χ2n) is 3.03. The van der Waals surface area contributed by atoms with Gasteiger partial charge in [-0.2, -0.15) is 0 Å². The van der Waals surface area contributed by atoms with Crippen molar-refractivity contribution in [3.8, 4) is 0 Å². The number of carbonyl (C=O) groups excluding carboxylic acids is 1. The predicted molar refractivity (Wildman–Crippen MR) is 45.7 cm³/mol. The lowest BCUT2D eigenvalue weighted by Crippen LogP contribution is -2.32. The van der Waals surface area contributed by atoms with Gasteiger partial charge in [-0.05, 0) is 25.2 Å². The molecule has 1 amide bonds. The molecule has 0 aromatic heterocycles. The second kappa shape index (κ2) is 3.96. The Balaban J connectivity index is 2.16. The van der Waals surface area contributed by atoms with E-state index in [9.17, 15) is 4.79 Å². The summed E-state index contributed by atoms with van der Waals surface area (Å²) in [6.07, 6.45) is 3.21. The molecular weight excluding hydrogens is 162 g/mol. The molecule has 1 N–H and O–H groups in total. The van der Waals surface area contributed by atoms with Crippen molar-refractivity contribution < 1.29 is 4.79 Å². The standard InChI is InChI=1S/C8H14ClNO/c1-2-5-10-8(11)7(9)6-3-4-6/h6-7H,2-5H2,1H3,(H,10,11). The summed E-state index contributed by atoms with van der Waals surface area (Å²) in [5.74, 6) is 0.463. The fourth-order valence-corrected chi connectivity index (χ4v) is 1.28. The van der Waals surface area contributed by atoms with E-state index in [2.05, 4.69) is 5.32 Å². The van der Waals surface area contributed by atoms with Crippen molar-refractivity contribution in [2.45, 2.75) is 31.6 Å². The zero-order chi connectivity index (χ0) is 8.27. The van der Waals surface area contributed by atoms with Gasteiger partial charge in [0.1, 0.15) is 5.38 Å². The normalized spacial score (nSPS) is 19.5. The highest BCUT2D eigenvalue weighted by molar-refractivity contribution is 6.31. The highest BCUT2D eigenvalue weighted by Crippen LogP contribution is 2.35. The lowest BCUT2D eigenvalue weighted by molar-refractivity contribution is -0.121. The fourth-order valence-electron chi connectivity index (χ4n) is 0.949.